The van der Waals surface area contributed by atoms with Crippen molar-refractivity contribution in [2.24, 2.45) is 0 Å². The second-order valence-corrected chi connectivity index (χ2v) is 3.99. The Hall–Kier alpha value is -2.03. The Morgan fingerprint density at radius 2 is 2.10 bits per heavy atom. The first-order chi connectivity index (χ1) is 9.19. The van der Waals surface area contributed by atoms with E-state index in [0.29, 0.717) is 0 Å². The minimum absolute atomic E-state index is 0.0885. The van der Waals surface area contributed by atoms with E-state index in [1.807, 2.05) is 0 Å². The molecule has 0 heterocycles. The number of benzene rings is 1. The van der Waals surface area contributed by atoms with Gasteiger partial charge < -0.3 is 10.1 Å². The molecule has 0 aliphatic rings. The summed E-state index contributed by atoms with van der Waals surface area (Å²) < 4.78 is 40.3. The summed E-state index contributed by atoms with van der Waals surface area (Å²) in [7, 11) is 0. The standard InChI is InChI=1S/C10H8ClF3N2O4/c11-6-1-2-8(7(3-6)16(18)19)20-4-9(17)15-5-10(12,13)14/h1-3H,4-5H2,(H,15,17). The zero-order valence-electron chi connectivity index (χ0n) is 9.74. The highest BCUT2D eigenvalue weighted by atomic mass is 35.5. The van der Waals surface area contributed by atoms with Gasteiger partial charge in [-0.15, -0.1) is 0 Å². The first kappa shape index (κ1) is 16.0. The summed E-state index contributed by atoms with van der Waals surface area (Å²) in [5, 5.41) is 12.4. The molecule has 1 rings (SSSR count). The first-order valence-corrected chi connectivity index (χ1v) is 5.47. The predicted octanol–water partition coefficient (Wildman–Crippen LogP) is 2.31. The van der Waals surface area contributed by atoms with Crippen LogP contribution in [0.3, 0.4) is 0 Å². The number of nitro groups is 1. The molecule has 110 valence electrons. The SMILES string of the molecule is O=C(COc1ccc(Cl)cc1[N+](=O)[O-])NCC(F)(F)F. The van der Waals surface area contributed by atoms with E-state index in [4.69, 9.17) is 16.3 Å². The number of alkyl halides is 3. The third-order valence-corrected chi connectivity index (χ3v) is 2.20. The summed E-state index contributed by atoms with van der Waals surface area (Å²) in [5.41, 5.74) is -0.485. The van der Waals surface area contributed by atoms with E-state index in [1.165, 1.54) is 6.07 Å². The van der Waals surface area contributed by atoms with E-state index in [1.54, 1.807) is 5.32 Å². The van der Waals surface area contributed by atoms with E-state index in [-0.39, 0.29) is 10.8 Å². The number of halogens is 4. The van der Waals surface area contributed by atoms with Crippen molar-refractivity contribution in [3.05, 3.63) is 33.3 Å². The minimum Gasteiger partial charge on any atom is -0.477 e. The van der Waals surface area contributed by atoms with Gasteiger partial charge in [-0.3, -0.25) is 14.9 Å². The van der Waals surface area contributed by atoms with Crippen LogP contribution < -0.4 is 10.1 Å². The fourth-order valence-electron chi connectivity index (χ4n) is 1.15. The number of rotatable bonds is 5. The molecule has 0 aromatic heterocycles. The average molecular weight is 313 g/mol. The smallest absolute Gasteiger partial charge is 0.405 e. The Kier molecular flexibility index (Phi) is 5.14. The quantitative estimate of drug-likeness (QED) is 0.668. The summed E-state index contributed by atoms with van der Waals surface area (Å²) in [6.07, 6.45) is -4.54. The van der Waals surface area contributed by atoms with Crippen LogP contribution in [0.4, 0.5) is 18.9 Å². The van der Waals surface area contributed by atoms with Crippen LogP contribution in [0.5, 0.6) is 5.75 Å². The third kappa shape index (κ3) is 5.31. The monoisotopic (exact) mass is 312 g/mol. The fraction of sp³-hybridized carbons (Fsp3) is 0.300. The number of amides is 1. The number of carbonyl (C=O) groups is 1. The molecule has 0 atom stereocenters. The zero-order valence-corrected chi connectivity index (χ0v) is 10.5. The Morgan fingerprint density at radius 3 is 2.65 bits per heavy atom. The summed E-state index contributed by atoms with van der Waals surface area (Å²) in [6.45, 7) is -2.28. The third-order valence-electron chi connectivity index (χ3n) is 1.96. The highest BCUT2D eigenvalue weighted by Crippen LogP contribution is 2.29. The molecular weight excluding hydrogens is 305 g/mol. The van der Waals surface area contributed by atoms with Crippen molar-refractivity contribution in [3.8, 4) is 5.75 Å². The van der Waals surface area contributed by atoms with E-state index >= 15 is 0 Å². The van der Waals surface area contributed by atoms with E-state index in [9.17, 15) is 28.1 Å². The molecule has 0 radical (unpaired) electrons. The van der Waals surface area contributed by atoms with Gasteiger partial charge in [-0.25, -0.2) is 0 Å². The Balaban J connectivity index is 2.62. The van der Waals surface area contributed by atoms with Crippen LogP contribution in [-0.4, -0.2) is 30.2 Å². The number of nitrogens with one attached hydrogen (secondary N) is 1. The van der Waals surface area contributed by atoms with Gasteiger partial charge in [0, 0.05) is 11.1 Å². The van der Waals surface area contributed by atoms with E-state index in [0.717, 1.165) is 12.1 Å². The zero-order chi connectivity index (χ0) is 15.3. The predicted molar refractivity (Wildman–Crippen MR) is 62.7 cm³/mol. The van der Waals surface area contributed by atoms with Gasteiger partial charge in [-0.1, -0.05) is 11.6 Å². The molecule has 1 aromatic rings. The van der Waals surface area contributed by atoms with Crippen LogP contribution in [0.15, 0.2) is 18.2 Å². The van der Waals surface area contributed by atoms with Crippen molar-refractivity contribution < 1.29 is 27.6 Å². The number of carbonyl (C=O) groups excluding carboxylic acids is 1. The lowest BCUT2D eigenvalue weighted by molar-refractivity contribution is -0.385. The molecule has 6 nitrogen and oxygen atoms in total. The number of nitro benzene ring substituents is 1. The van der Waals surface area contributed by atoms with Crippen molar-refractivity contribution in [3.63, 3.8) is 0 Å². The highest BCUT2D eigenvalue weighted by molar-refractivity contribution is 6.30. The molecule has 0 saturated heterocycles. The number of ether oxygens (including phenoxy) is 1. The van der Waals surface area contributed by atoms with Gasteiger partial charge in [0.05, 0.1) is 4.92 Å². The van der Waals surface area contributed by atoms with Crippen LogP contribution in [0, 0.1) is 10.1 Å². The van der Waals surface area contributed by atoms with Crippen LogP contribution in [0.1, 0.15) is 0 Å². The van der Waals surface area contributed by atoms with Gasteiger partial charge >= 0.3 is 11.9 Å². The molecule has 0 saturated carbocycles. The topological polar surface area (TPSA) is 81.5 Å². The van der Waals surface area contributed by atoms with Crippen molar-refractivity contribution in [1.82, 2.24) is 5.32 Å². The molecule has 0 aliphatic heterocycles. The molecule has 1 aromatic carbocycles. The van der Waals surface area contributed by atoms with Crippen LogP contribution in [-0.2, 0) is 4.79 Å². The van der Waals surface area contributed by atoms with E-state index < -0.39 is 35.8 Å². The molecule has 0 unspecified atom stereocenters. The van der Waals surface area contributed by atoms with E-state index in [2.05, 4.69) is 0 Å². The molecule has 0 bridgehead atoms. The molecule has 0 fully saturated rings. The van der Waals surface area contributed by atoms with Crippen LogP contribution in [0.25, 0.3) is 0 Å². The maximum Gasteiger partial charge on any atom is 0.405 e. The maximum absolute atomic E-state index is 11.8. The molecular formula is C10H8ClF3N2O4. The molecule has 1 N–H and O–H groups in total. The Labute approximate surface area is 115 Å². The van der Waals surface area contributed by atoms with Crippen molar-refractivity contribution in [2.75, 3.05) is 13.2 Å². The van der Waals surface area contributed by atoms with Gasteiger partial charge in [0.1, 0.15) is 6.54 Å². The minimum atomic E-state index is -4.54. The summed E-state index contributed by atoms with van der Waals surface area (Å²) >= 11 is 5.56. The first-order valence-electron chi connectivity index (χ1n) is 5.09. The number of nitrogens with zero attached hydrogens (tertiary/aromatic N) is 1. The Bertz CT molecular complexity index is 522. The fourth-order valence-corrected chi connectivity index (χ4v) is 1.31. The molecule has 1 amide bonds. The molecule has 10 heteroatoms. The molecule has 0 aliphatic carbocycles. The van der Waals surface area contributed by atoms with Crippen LogP contribution >= 0.6 is 11.6 Å². The highest BCUT2D eigenvalue weighted by Gasteiger charge is 2.27. The van der Waals surface area contributed by atoms with Crippen molar-refractivity contribution in [2.45, 2.75) is 6.18 Å². The lowest BCUT2D eigenvalue weighted by Gasteiger charge is -2.09. The normalized spacial score (nSPS) is 11.0. The molecule has 20 heavy (non-hydrogen) atoms. The van der Waals surface area contributed by atoms with Gasteiger partial charge in [-0.2, -0.15) is 13.2 Å². The van der Waals surface area contributed by atoms with Crippen molar-refractivity contribution >= 4 is 23.2 Å². The van der Waals surface area contributed by atoms with Gasteiger partial charge in [0.25, 0.3) is 5.91 Å². The second-order valence-electron chi connectivity index (χ2n) is 3.55. The van der Waals surface area contributed by atoms with Crippen molar-refractivity contribution in [1.29, 1.82) is 0 Å². The lowest BCUT2D eigenvalue weighted by Crippen LogP contribution is -2.36. The summed E-state index contributed by atoms with van der Waals surface area (Å²) in [5.74, 6) is -1.31. The van der Waals surface area contributed by atoms with Gasteiger partial charge in [-0.05, 0) is 12.1 Å². The number of hydrogen-bond donors (Lipinski definition) is 1. The summed E-state index contributed by atoms with van der Waals surface area (Å²) in [6, 6.07) is 3.44. The van der Waals surface area contributed by atoms with Gasteiger partial charge in [0.2, 0.25) is 0 Å². The summed E-state index contributed by atoms with van der Waals surface area (Å²) in [4.78, 5) is 21.0. The number of hydrogen-bond acceptors (Lipinski definition) is 4. The Morgan fingerprint density at radius 1 is 1.45 bits per heavy atom. The largest absolute Gasteiger partial charge is 0.477 e. The van der Waals surface area contributed by atoms with Gasteiger partial charge in [0.15, 0.2) is 12.4 Å². The lowest BCUT2D eigenvalue weighted by atomic mass is 10.3. The van der Waals surface area contributed by atoms with Crippen LogP contribution in [0.2, 0.25) is 5.02 Å². The average Bonchev–Trinajstić information content (AvgIpc) is 2.33. The maximum atomic E-state index is 11.8. The second kappa shape index (κ2) is 6.42. The molecule has 0 spiro atoms.